The highest BCUT2D eigenvalue weighted by molar-refractivity contribution is 8.01. The van der Waals surface area contributed by atoms with Crippen LogP contribution in [0.3, 0.4) is 0 Å². The van der Waals surface area contributed by atoms with Gasteiger partial charge in [0.05, 0.1) is 0 Å². The van der Waals surface area contributed by atoms with Crippen LogP contribution in [0.25, 0.3) is 0 Å². The predicted octanol–water partition coefficient (Wildman–Crippen LogP) is 3.45. The molecule has 0 radical (unpaired) electrons. The molecule has 0 aliphatic rings. The fourth-order valence-corrected chi connectivity index (χ4v) is 2.58. The Morgan fingerprint density at radius 2 is 2.33 bits per heavy atom. The van der Waals surface area contributed by atoms with E-state index >= 15 is 0 Å². The second kappa shape index (κ2) is 7.09. The van der Waals surface area contributed by atoms with Gasteiger partial charge in [0.2, 0.25) is 5.13 Å². The Bertz CT molecular complexity index is 312. The third-order valence-electron chi connectivity index (χ3n) is 1.46. The number of rotatable bonds is 6. The van der Waals surface area contributed by atoms with Gasteiger partial charge in [-0.25, -0.2) is 0 Å². The molecule has 1 N–H and O–H groups in total. The van der Waals surface area contributed by atoms with Gasteiger partial charge in [0, 0.05) is 17.8 Å². The molecule has 1 aromatic rings. The zero-order chi connectivity index (χ0) is 11.1. The summed E-state index contributed by atoms with van der Waals surface area (Å²) in [5, 5.41) is 12.2. The van der Waals surface area contributed by atoms with E-state index in [1.165, 1.54) is 5.54 Å². The van der Waals surface area contributed by atoms with E-state index in [4.69, 9.17) is 11.6 Å². The highest BCUT2D eigenvalue weighted by atomic mass is 35.5. The first-order valence-electron chi connectivity index (χ1n) is 4.67. The van der Waals surface area contributed by atoms with Gasteiger partial charge in [0.1, 0.15) is 0 Å². The van der Waals surface area contributed by atoms with Crippen LogP contribution in [0.15, 0.2) is 16.0 Å². The third-order valence-corrected chi connectivity index (χ3v) is 3.61. The van der Waals surface area contributed by atoms with Gasteiger partial charge in [-0.3, -0.25) is 0 Å². The Kier molecular flexibility index (Phi) is 6.05. The van der Waals surface area contributed by atoms with Gasteiger partial charge in [0.25, 0.3) is 0 Å². The first kappa shape index (κ1) is 12.8. The molecular formula is C9H14ClN3S2. The van der Waals surface area contributed by atoms with Crippen LogP contribution in [0.5, 0.6) is 0 Å². The Morgan fingerprint density at radius 3 is 3.00 bits per heavy atom. The van der Waals surface area contributed by atoms with Gasteiger partial charge in [-0.1, -0.05) is 54.6 Å². The number of hydrogen-bond acceptors (Lipinski definition) is 5. The molecule has 0 aliphatic carbocycles. The van der Waals surface area contributed by atoms with Crippen molar-refractivity contribution in [3.8, 4) is 0 Å². The van der Waals surface area contributed by atoms with Gasteiger partial charge >= 0.3 is 0 Å². The lowest BCUT2D eigenvalue weighted by molar-refractivity contribution is 0.687. The molecule has 0 spiro atoms. The van der Waals surface area contributed by atoms with Crippen LogP contribution in [0.2, 0.25) is 0 Å². The average molecular weight is 264 g/mol. The fourth-order valence-electron chi connectivity index (χ4n) is 0.787. The van der Waals surface area contributed by atoms with Crippen molar-refractivity contribution in [1.82, 2.24) is 10.2 Å². The lowest BCUT2D eigenvalue weighted by Crippen LogP contribution is -2.07. The maximum Gasteiger partial charge on any atom is 0.206 e. The molecular weight excluding hydrogens is 250 g/mol. The van der Waals surface area contributed by atoms with E-state index in [-0.39, 0.29) is 0 Å². The van der Waals surface area contributed by atoms with Crippen molar-refractivity contribution in [2.45, 2.75) is 18.2 Å². The van der Waals surface area contributed by atoms with Crippen molar-refractivity contribution in [1.29, 1.82) is 0 Å². The molecule has 0 fully saturated rings. The summed E-state index contributed by atoms with van der Waals surface area (Å²) in [5.41, 5.74) is 1.52. The SMILES string of the molecule is CC(C)CNc1nnc(SCC=CCl)s1. The lowest BCUT2D eigenvalue weighted by atomic mass is 10.2. The predicted molar refractivity (Wildman–Crippen MR) is 69.0 cm³/mol. The molecule has 1 rings (SSSR count). The van der Waals surface area contributed by atoms with Crippen LogP contribution in [0.1, 0.15) is 13.8 Å². The normalized spacial score (nSPS) is 11.5. The smallest absolute Gasteiger partial charge is 0.206 e. The van der Waals surface area contributed by atoms with Gasteiger partial charge in [-0.2, -0.15) is 0 Å². The van der Waals surface area contributed by atoms with Crippen LogP contribution < -0.4 is 5.32 Å². The largest absolute Gasteiger partial charge is 0.360 e. The van der Waals surface area contributed by atoms with Crippen LogP contribution >= 0.6 is 34.7 Å². The number of halogens is 1. The van der Waals surface area contributed by atoms with Crippen molar-refractivity contribution in [3.05, 3.63) is 11.6 Å². The quantitative estimate of drug-likeness (QED) is 0.798. The lowest BCUT2D eigenvalue weighted by Gasteiger charge is -2.03. The molecule has 15 heavy (non-hydrogen) atoms. The third kappa shape index (κ3) is 5.39. The Balaban J connectivity index is 2.35. The fraction of sp³-hybridized carbons (Fsp3) is 0.556. The van der Waals surface area contributed by atoms with Gasteiger partial charge in [-0.15, -0.1) is 10.2 Å². The topological polar surface area (TPSA) is 37.8 Å². The molecule has 0 atom stereocenters. The maximum atomic E-state index is 5.42. The standard InChI is InChI=1S/C9H14ClN3S2/c1-7(2)6-11-8-12-13-9(15-8)14-5-3-4-10/h3-4,7H,5-6H2,1-2H3,(H,11,12). The Hall–Kier alpha value is -0.260. The van der Waals surface area contributed by atoms with E-state index in [1.807, 2.05) is 6.08 Å². The summed E-state index contributed by atoms with van der Waals surface area (Å²) >= 11 is 8.63. The molecule has 0 aliphatic heterocycles. The minimum atomic E-state index is 0.615. The highest BCUT2D eigenvalue weighted by Crippen LogP contribution is 2.25. The second-order valence-electron chi connectivity index (χ2n) is 3.32. The molecule has 0 saturated heterocycles. The monoisotopic (exact) mass is 263 g/mol. The van der Waals surface area contributed by atoms with E-state index in [1.54, 1.807) is 23.1 Å². The number of anilines is 1. The van der Waals surface area contributed by atoms with Crippen LogP contribution in [-0.2, 0) is 0 Å². The number of thioether (sulfide) groups is 1. The van der Waals surface area contributed by atoms with E-state index < -0.39 is 0 Å². The summed E-state index contributed by atoms with van der Waals surface area (Å²) in [7, 11) is 0. The van der Waals surface area contributed by atoms with Crippen molar-refractivity contribution in [2.75, 3.05) is 17.6 Å². The highest BCUT2D eigenvalue weighted by Gasteiger charge is 2.03. The Morgan fingerprint density at radius 1 is 1.53 bits per heavy atom. The van der Waals surface area contributed by atoms with Crippen molar-refractivity contribution >= 4 is 39.8 Å². The average Bonchev–Trinajstić information content (AvgIpc) is 2.63. The summed E-state index contributed by atoms with van der Waals surface area (Å²) in [6.45, 7) is 5.25. The van der Waals surface area contributed by atoms with Crippen LogP contribution in [-0.4, -0.2) is 22.5 Å². The maximum absolute atomic E-state index is 5.42. The van der Waals surface area contributed by atoms with Gasteiger partial charge in [-0.05, 0) is 5.92 Å². The number of hydrogen-bond donors (Lipinski definition) is 1. The summed E-state index contributed by atoms with van der Waals surface area (Å²) < 4.78 is 0.969. The minimum absolute atomic E-state index is 0.615. The number of nitrogens with one attached hydrogen (secondary N) is 1. The van der Waals surface area contributed by atoms with E-state index in [2.05, 4.69) is 29.4 Å². The number of nitrogens with zero attached hydrogens (tertiary/aromatic N) is 2. The summed E-state index contributed by atoms with van der Waals surface area (Å²) in [4.78, 5) is 0. The zero-order valence-corrected chi connectivity index (χ0v) is 11.1. The molecule has 1 aromatic heterocycles. The molecule has 0 amide bonds. The summed E-state index contributed by atoms with van der Waals surface area (Å²) in [5.74, 6) is 1.45. The van der Waals surface area contributed by atoms with E-state index in [0.717, 1.165) is 21.8 Å². The summed E-state index contributed by atoms with van der Waals surface area (Å²) in [6, 6.07) is 0. The molecule has 84 valence electrons. The number of aromatic nitrogens is 2. The van der Waals surface area contributed by atoms with Crippen molar-refractivity contribution < 1.29 is 0 Å². The van der Waals surface area contributed by atoms with Crippen molar-refractivity contribution in [2.24, 2.45) is 5.92 Å². The second-order valence-corrected chi connectivity index (χ2v) is 5.82. The zero-order valence-electron chi connectivity index (χ0n) is 8.74. The first-order valence-corrected chi connectivity index (χ1v) is 6.91. The molecule has 6 heteroatoms. The molecule has 3 nitrogen and oxygen atoms in total. The van der Waals surface area contributed by atoms with Crippen LogP contribution in [0.4, 0.5) is 5.13 Å². The molecule has 0 unspecified atom stereocenters. The van der Waals surface area contributed by atoms with Gasteiger partial charge in [0.15, 0.2) is 4.34 Å². The molecule has 0 aromatic carbocycles. The molecule has 0 bridgehead atoms. The van der Waals surface area contributed by atoms with E-state index in [9.17, 15) is 0 Å². The molecule has 0 saturated carbocycles. The van der Waals surface area contributed by atoms with Crippen molar-refractivity contribution in [3.63, 3.8) is 0 Å². The summed E-state index contributed by atoms with van der Waals surface area (Å²) in [6.07, 6.45) is 1.88. The van der Waals surface area contributed by atoms with Gasteiger partial charge < -0.3 is 5.32 Å². The Labute approximate surface area is 103 Å². The molecule has 1 heterocycles. The first-order chi connectivity index (χ1) is 7.22. The van der Waals surface area contributed by atoms with Crippen LogP contribution in [0, 0.1) is 5.92 Å². The van der Waals surface area contributed by atoms with E-state index in [0.29, 0.717) is 5.92 Å². The minimum Gasteiger partial charge on any atom is -0.360 e.